The molecule has 0 heterocycles. The number of carbonyl (C=O) groups excluding carboxylic acids is 1. The van der Waals surface area contributed by atoms with Crippen molar-refractivity contribution in [1.29, 1.82) is 0 Å². The molecular formula is C11H13FN2O3. The number of nitrogens with one attached hydrogen (secondary N) is 1. The Bertz CT molecular complexity index is 448. The maximum absolute atomic E-state index is 13.3. The van der Waals surface area contributed by atoms with Crippen LogP contribution >= 0.6 is 0 Å². The van der Waals surface area contributed by atoms with Gasteiger partial charge in [-0.05, 0) is 24.6 Å². The van der Waals surface area contributed by atoms with Crippen molar-refractivity contribution in [2.45, 2.75) is 19.4 Å². The topological polar surface area (TPSA) is 92.4 Å². The molecule has 92 valence electrons. The summed E-state index contributed by atoms with van der Waals surface area (Å²) in [5.41, 5.74) is 5.17. The van der Waals surface area contributed by atoms with E-state index in [1.807, 2.05) is 0 Å². The average Bonchev–Trinajstić information content (AvgIpc) is 2.30. The van der Waals surface area contributed by atoms with E-state index >= 15 is 0 Å². The predicted molar refractivity (Wildman–Crippen MR) is 60.3 cm³/mol. The minimum Gasteiger partial charge on any atom is -0.478 e. The van der Waals surface area contributed by atoms with Gasteiger partial charge in [-0.15, -0.1) is 0 Å². The number of nitrogens with two attached hydrogens (primary N) is 1. The second kappa shape index (κ2) is 5.40. The first-order valence-electron chi connectivity index (χ1n) is 5.05. The highest BCUT2D eigenvalue weighted by Crippen LogP contribution is 2.16. The maximum Gasteiger partial charge on any atom is 0.335 e. The Morgan fingerprint density at radius 1 is 1.53 bits per heavy atom. The number of amides is 1. The van der Waals surface area contributed by atoms with Gasteiger partial charge in [0.15, 0.2) is 0 Å². The SMILES string of the molecule is CC[C@@H](N)C(=O)Nc1cc(C(=O)O)ccc1F. The molecule has 0 aliphatic heterocycles. The molecule has 0 radical (unpaired) electrons. The van der Waals surface area contributed by atoms with Crippen LogP contribution in [0.5, 0.6) is 0 Å². The van der Waals surface area contributed by atoms with E-state index in [-0.39, 0.29) is 11.3 Å². The zero-order chi connectivity index (χ0) is 13.0. The van der Waals surface area contributed by atoms with Crippen LogP contribution in [0.4, 0.5) is 10.1 Å². The van der Waals surface area contributed by atoms with Gasteiger partial charge in [0.1, 0.15) is 5.82 Å². The summed E-state index contributed by atoms with van der Waals surface area (Å²) in [5.74, 6) is -2.44. The lowest BCUT2D eigenvalue weighted by molar-refractivity contribution is -0.117. The van der Waals surface area contributed by atoms with E-state index in [0.717, 1.165) is 18.2 Å². The molecule has 1 aromatic carbocycles. The van der Waals surface area contributed by atoms with Crippen LogP contribution in [0.2, 0.25) is 0 Å². The van der Waals surface area contributed by atoms with E-state index in [4.69, 9.17) is 10.8 Å². The van der Waals surface area contributed by atoms with Gasteiger partial charge in [0, 0.05) is 0 Å². The molecule has 6 heteroatoms. The third kappa shape index (κ3) is 3.25. The lowest BCUT2D eigenvalue weighted by Crippen LogP contribution is -2.35. The van der Waals surface area contributed by atoms with E-state index in [1.54, 1.807) is 6.92 Å². The number of carboxylic acids is 1. The largest absolute Gasteiger partial charge is 0.478 e. The first kappa shape index (κ1) is 13.1. The molecule has 0 aliphatic rings. The third-order valence-electron chi connectivity index (χ3n) is 2.25. The second-order valence-electron chi connectivity index (χ2n) is 3.50. The number of benzene rings is 1. The predicted octanol–water partition coefficient (Wildman–Crippen LogP) is 1.20. The van der Waals surface area contributed by atoms with E-state index in [1.165, 1.54) is 0 Å². The van der Waals surface area contributed by atoms with Gasteiger partial charge in [-0.25, -0.2) is 9.18 Å². The minimum absolute atomic E-state index is 0.105. The molecule has 4 N–H and O–H groups in total. The first-order chi connectivity index (χ1) is 7.95. The zero-order valence-electron chi connectivity index (χ0n) is 9.24. The highest BCUT2D eigenvalue weighted by Gasteiger charge is 2.14. The number of hydrogen-bond donors (Lipinski definition) is 3. The molecule has 0 saturated heterocycles. The Morgan fingerprint density at radius 2 is 2.18 bits per heavy atom. The number of carbonyl (C=O) groups is 2. The average molecular weight is 240 g/mol. The minimum atomic E-state index is -1.19. The fourth-order valence-electron chi connectivity index (χ4n) is 1.16. The number of aromatic carboxylic acids is 1. The summed E-state index contributed by atoms with van der Waals surface area (Å²) >= 11 is 0. The lowest BCUT2D eigenvalue weighted by atomic mass is 10.1. The molecule has 0 fully saturated rings. The molecule has 1 rings (SSSR count). The summed E-state index contributed by atoms with van der Waals surface area (Å²) in [6.07, 6.45) is 0.409. The second-order valence-corrected chi connectivity index (χ2v) is 3.50. The summed E-state index contributed by atoms with van der Waals surface area (Å²) in [4.78, 5) is 22.1. The Kier molecular flexibility index (Phi) is 4.17. The normalized spacial score (nSPS) is 11.9. The van der Waals surface area contributed by atoms with Crippen molar-refractivity contribution < 1.29 is 19.1 Å². The van der Waals surface area contributed by atoms with Crippen molar-refractivity contribution in [2.75, 3.05) is 5.32 Å². The van der Waals surface area contributed by atoms with E-state index < -0.39 is 23.7 Å². The van der Waals surface area contributed by atoms with Crippen LogP contribution in [0.3, 0.4) is 0 Å². The van der Waals surface area contributed by atoms with Crippen molar-refractivity contribution in [1.82, 2.24) is 0 Å². The molecular weight excluding hydrogens is 227 g/mol. The van der Waals surface area contributed by atoms with Gasteiger partial charge in [-0.1, -0.05) is 6.92 Å². The van der Waals surface area contributed by atoms with E-state index in [2.05, 4.69) is 5.32 Å². The van der Waals surface area contributed by atoms with Crippen molar-refractivity contribution in [3.63, 3.8) is 0 Å². The molecule has 0 aromatic heterocycles. The Morgan fingerprint density at radius 3 is 2.71 bits per heavy atom. The summed E-state index contributed by atoms with van der Waals surface area (Å²) in [6.45, 7) is 1.72. The fraction of sp³-hybridized carbons (Fsp3) is 0.273. The van der Waals surface area contributed by atoms with Crippen molar-refractivity contribution in [3.8, 4) is 0 Å². The number of anilines is 1. The molecule has 0 aliphatic carbocycles. The van der Waals surface area contributed by atoms with Gasteiger partial charge in [-0.2, -0.15) is 0 Å². The maximum atomic E-state index is 13.3. The fourth-order valence-corrected chi connectivity index (χ4v) is 1.16. The van der Waals surface area contributed by atoms with Gasteiger partial charge in [0.05, 0.1) is 17.3 Å². The number of rotatable bonds is 4. The molecule has 1 aromatic rings. The van der Waals surface area contributed by atoms with Gasteiger partial charge < -0.3 is 16.2 Å². The van der Waals surface area contributed by atoms with Crippen molar-refractivity contribution in [2.24, 2.45) is 5.73 Å². The third-order valence-corrected chi connectivity index (χ3v) is 2.25. The molecule has 17 heavy (non-hydrogen) atoms. The molecule has 0 bridgehead atoms. The van der Waals surface area contributed by atoms with Crippen LogP contribution in [0.25, 0.3) is 0 Å². The van der Waals surface area contributed by atoms with Gasteiger partial charge >= 0.3 is 5.97 Å². The van der Waals surface area contributed by atoms with Crippen LogP contribution in [-0.2, 0) is 4.79 Å². The monoisotopic (exact) mass is 240 g/mol. The van der Waals surface area contributed by atoms with Crippen LogP contribution in [0, 0.1) is 5.82 Å². The van der Waals surface area contributed by atoms with Crippen molar-refractivity contribution in [3.05, 3.63) is 29.6 Å². The van der Waals surface area contributed by atoms with Crippen LogP contribution in [-0.4, -0.2) is 23.0 Å². The first-order valence-corrected chi connectivity index (χ1v) is 5.05. The summed E-state index contributed by atoms with van der Waals surface area (Å²) < 4.78 is 13.3. The van der Waals surface area contributed by atoms with Crippen LogP contribution < -0.4 is 11.1 Å². The highest BCUT2D eigenvalue weighted by molar-refractivity contribution is 5.96. The van der Waals surface area contributed by atoms with Gasteiger partial charge in [0.2, 0.25) is 5.91 Å². The molecule has 0 spiro atoms. The van der Waals surface area contributed by atoms with E-state index in [9.17, 15) is 14.0 Å². The Labute approximate surface area is 97.4 Å². The summed E-state index contributed by atoms with van der Waals surface area (Å²) in [5, 5.41) is 11.0. The summed E-state index contributed by atoms with van der Waals surface area (Å²) in [7, 11) is 0. The zero-order valence-corrected chi connectivity index (χ0v) is 9.24. The highest BCUT2D eigenvalue weighted by atomic mass is 19.1. The molecule has 5 nitrogen and oxygen atoms in total. The number of carboxylic acid groups (broad SMARTS) is 1. The van der Waals surface area contributed by atoms with Crippen LogP contribution in [0.1, 0.15) is 23.7 Å². The molecule has 0 saturated carbocycles. The van der Waals surface area contributed by atoms with Gasteiger partial charge in [0.25, 0.3) is 0 Å². The molecule has 0 unspecified atom stereocenters. The smallest absolute Gasteiger partial charge is 0.335 e. The number of hydrogen-bond acceptors (Lipinski definition) is 3. The van der Waals surface area contributed by atoms with Crippen LogP contribution in [0.15, 0.2) is 18.2 Å². The number of halogens is 1. The standard InChI is InChI=1S/C11H13FN2O3/c1-2-8(13)10(15)14-9-5-6(11(16)17)3-4-7(9)12/h3-5,8H,2,13H2,1H3,(H,14,15)(H,16,17)/t8-/m1/s1. The van der Waals surface area contributed by atoms with Gasteiger partial charge in [-0.3, -0.25) is 4.79 Å². The Hall–Kier alpha value is -1.95. The van der Waals surface area contributed by atoms with E-state index in [0.29, 0.717) is 6.42 Å². The quantitative estimate of drug-likeness (QED) is 0.737. The molecule has 1 atom stereocenters. The lowest BCUT2D eigenvalue weighted by Gasteiger charge is -2.11. The van der Waals surface area contributed by atoms with Crippen molar-refractivity contribution >= 4 is 17.6 Å². The Balaban J connectivity index is 2.94. The summed E-state index contributed by atoms with van der Waals surface area (Å²) in [6, 6.07) is 2.41. The molecule has 1 amide bonds.